The zero-order chi connectivity index (χ0) is 44.8. The monoisotopic (exact) mass is 861 g/mol. The Balaban J connectivity index is 1.17. The van der Waals surface area contributed by atoms with E-state index in [4.69, 9.17) is 19.9 Å². The summed E-state index contributed by atoms with van der Waals surface area (Å²) in [7, 11) is 0. The zero-order valence-electron chi connectivity index (χ0n) is 35.6. The van der Waals surface area contributed by atoms with Crippen LogP contribution in [-0.4, -0.2) is 24.5 Å². The molecule has 0 atom stereocenters. The normalized spacial score (nSPS) is 11.6. The summed E-state index contributed by atoms with van der Waals surface area (Å²) in [6.07, 6.45) is -4.43. The predicted molar refractivity (Wildman–Crippen MR) is 260 cm³/mol. The maximum absolute atomic E-state index is 13.7. The van der Waals surface area contributed by atoms with Crippen LogP contribution in [0.4, 0.5) is 13.2 Å². The molecular formula is C58H38F3N5. The molecule has 3 heterocycles. The summed E-state index contributed by atoms with van der Waals surface area (Å²) in [6.45, 7) is 1.72. The zero-order valence-corrected chi connectivity index (χ0v) is 35.6. The van der Waals surface area contributed by atoms with Crippen LogP contribution < -0.4 is 0 Å². The van der Waals surface area contributed by atoms with Gasteiger partial charge in [0.05, 0.1) is 45.1 Å². The van der Waals surface area contributed by atoms with Crippen molar-refractivity contribution in [1.29, 1.82) is 0 Å². The number of para-hydroxylation sites is 1. The first kappa shape index (κ1) is 40.3. The minimum absolute atomic E-state index is 0.524. The molecule has 8 aromatic carbocycles. The van der Waals surface area contributed by atoms with E-state index in [0.29, 0.717) is 17.2 Å². The molecule has 11 aromatic rings. The van der Waals surface area contributed by atoms with Gasteiger partial charge in [-0.1, -0.05) is 158 Å². The molecule has 0 radical (unpaired) electrons. The van der Waals surface area contributed by atoms with E-state index in [2.05, 4.69) is 83.4 Å². The van der Waals surface area contributed by atoms with Crippen molar-refractivity contribution >= 4 is 21.8 Å². The summed E-state index contributed by atoms with van der Waals surface area (Å²) in [5.41, 5.74) is 12.6. The summed E-state index contributed by atoms with van der Waals surface area (Å²) in [4.78, 5) is 20.9. The van der Waals surface area contributed by atoms with Crippen LogP contribution >= 0.6 is 0 Å². The van der Waals surface area contributed by atoms with Crippen molar-refractivity contribution in [2.24, 2.45) is 0 Å². The molecule has 0 amide bonds. The third-order valence-electron chi connectivity index (χ3n) is 12.0. The lowest BCUT2D eigenvalue weighted by Crippen LogP contribution is -2.05. The summed E-state index contributed by atoms with van der Waals surface area (Å²) >= 11 is 0. The van der Waals surface area contributed by atoms with Crippen molar-refractivity contribution in [3.05, 3.63) is 223 Å². The van der Waals surface area contributed by atoms with Crippen molar-refractivity contribution in [1.82, 2.24) is 24.5 Å². The van der Waals surface area contributed by atoms with Crippen LogP contribution in [0.15, 0.2) is 212 Å². The van der Waals surface area contributed by atoms with E-state index in [9.17, 15) is 13.2 Å². The van der Waals surface area contributed by atoms with Crippen LogP contribution in [0.2, 0.25) is 0 Å². The molecule has 11 rings (SSSR count). The van der Waals surface area contributed by atoms with Crippen LogP contribution in [0, 0.1) is 6.92 Å². The molecule has 0 unspecified atom stereocenters. The predicted octanol–water partition coefficient (Wildman–Crippen LogP) is 15.4. The van der Waals surface area contributed by atoms with E-state index in [1.165, 1.54) is 6.07 Å². The molecular weight excluding hydrogens is 824 g/mol. The number of halogens is 3. The van der Waals surface area contributed by atoms with E-state index in [0.717, 1.165) is 101 Å². The highest BCUT2D eigenvalue weighted by Crippen LogP contribution is 2.41. The molecule has 0 fully saturated rings. The second-order valence-corrected chi connectivity index (χ2v) is 16.2. The first-order chi connectivity index (χ1) is 32.2. The first-order valence-corrected chi connectivity index (χ1v) is 21.6. The van der Waals surface area contributed by atoms with Gasteiger partial charge in [-0.25, -0.2) is 19.9 Å². The second kappa shape index (κ2) is 16.6. The third kappa shape index (κ3) is 7.58. The Morgan fingerprint density at radius 2 is 0.848 bits per heavy atom. The molecule has 8 heteroatoms. The standard InChI is InChI=1S/C58H38F3N5/c1-37-32-44(58(59,60)61)28-29-45(37)42-26-30-54-47(33-42)46-24-14-15-25-53(46)66(54)55-31-27-43(52-36-49(38-16-6-2-7-17-38)62-56(63-52)41-22-12-5-13-23-41)34-48(55)57-64-50(39-18-8-3-9-19-39)35-51(65-57)40-20-10-4-11-21-40/h2-36H,1H3. The Bertz CT molecular complexity index is 3460. The highest BCUT2D eigenvalue weighted by atomic mass is 19.4. The molecule has 0 aliphatic rings. The van der Waals surface area contributed by atoms with Gasteiger partial charge >= 0.3 is 6.18 Å². The number of fused-ring (bicyclic) bond motifs is 3. The first-order valence-electron chi connectivity index (χ1n) is 21.6. The van der Waals surface area contributed by atoms with Crippen LogP contribution in [0.1, 0.15) is 11.1 Å². The molecule has 0 bridgehead atoms. The van der Waals surface area contributed by atoms with Crippen LogP contribution in [0.3, 0.4) is 0 Å². The minimum atomic E-state index is -4.43. The summed E-state index contributed by atoms with van der Waals surface area (Å²) in [5, 5.41) is 1.95. The lowest BCUT2D eigenvalue weighted by atomic mass is 9.97. The molecule has 0 spiro atoms. The molecule has 5 nitrogen and oxygen atoms in total. The average molecular weight is 862 g/mol. The van der Waals surface area contributed by atoms with E-state index in [1.54, 1.807) is 13.0 Å². The summed E-state index contributed by atoms with van der Waals surface area (Å²) in [5.74, 6) is 1.13. The molecule has 0 N–H and O–H groups in total. The highest BCUT2D eigenvalue weighted by Gasteiger charge is 2.31. The van der Waals surface area contributed by atoms with Gasteiger partial charge in [0.25, 0.3) is 0 Å². The van der Waals surface area contributed by atoms with E-state index in [1.807, 2.05) is 115 Å². The molecule has 316 valence electrons. The van der Waals surface area contributed by atoms with Crippen molar-refractivity contribution in [3.8, 4) is 84.6 Å². The lowest BCUT2D eigenvalue weighted by Gasteiger charge is -2.17. The lowest BCUT2D eigenvalue weighted by molar-refractivity contribution is -0.137. The Morgan fingerprint density at radius 1 is 0.364 bits per heavy atom. The topological polar surface area (TPSA) is 56.5 Å². The number of hydrogen-bond acceptors (Lipinski definition) is 4. The van der Waals surface area contributed by atoms with Crippen molar-refractivity contribution < 1.29 is 13.2 Å². The second-order valence-electron chi connectivity index (χ2n) is 16.2. The number of aryl methyl sites for hydroxylation is 1. The molecule has 0 aliphatic heterocycles. The van der Waals surface area contributed by atoms with Gasteiger partial charge in [0.15, 0.2) is 11.6 Å². The SMILES string of the molecule is Cc1cc(C(F)(F)F)ccc1-c1ccc2c(c1)c1ccccc1n2-c1ccc(-c2cc(-c3ccccc3)nc(-c3ccccc3)n2)cc1-c1nc(-c2ccccc2)cc(-c2ccccc2)n1. The number of rotatable bonds is 8. The Kier molecular flexibility index (Phi) is 10.1. The van der Waals surface area contributed by atoms with Crippen LogP contribution in [0.5, 0.6) is 0 Å². The van der Waals surface area contributed by atoms with E-state index in [-0.39, 0.29) is 0 Å². The molecule has 0 aliphatic carbocycles. The smallest absolute Gasteiger partial charge is 0.309 e. The average Bonchev–Trinajstić information content (AvgIpc) is 3.70. The fourth-order valence-electron chi connectivity index (χ4n) is 8.78. The number of aromatic nitrogens is 5. The summed E-state index contributed by atoms with van der Waals surface area (Å²) in [6, 6.07) is 69.0. The van der Waals surface area contributed by atoms with Crippen LogP contribution in [0.25, 0.3) is 106 Å². The van der Waals surface area contributed by atoms with Crippen molar-refractivity contribution in [2.75, 3.05) is 0 Å². The van der Waals surface area contributed by atoms with Gasteiger partial charge in [-0.05, 0) is 78.2 Å². The fraction of sp³-hybridized carbons (Fsp3) is 0.0345. The fourth-order valence-corrected chi connectivity index (χ4v) is 8.78. The van der Waals surface area contributed by atoms with E-state index < -0.39 is 11.7 Å². The highest BCUT2D eigenvalue weighted by molar-refractivity contribution is 6.11. The Hall–Kier alpha value is -8.49. The molecule has 66 heavy (non-hydrogen) atoms. The largest absolute Gasteiger partial charge is 0.416 e. The summed E-state index contributed by atoms with van der Waals surface area (Å²) < 4.78 is 43.3. The number of benzene rings is 8. The van der Waals surface area contributed by atoms with Gasteiger partial charge in [0.1, 0.15) is 0 Å². The molecule has 3 aromatic heterocycles. The van der Waals surface area contributed by atoms with Gasteiger partial charge in [-0.15, -0.1) is 0 Å². The number of alkyl halides is 3. The maximum atomic E-state index is 13.7. The van der Waals surface area contributed by atoms with Gasteiger partial charge in [-0.3, -0.25) is 0 Å². The van der Waals surface area contributed by atoms with Gasteiger partial charge in [0, 0.05) is 44.2 Å². The Morgan fingerprint density at radius 3 is 1.41 bits per heavy atom. The van der Waals surface area contributed by atoms with E-state index >= 15 is 0 Å². The van der Waals surface area contributed by atoms with Gasteiger partial charge in [0.2, 0.25) is 0 Å². The minimum Gasteiger partial charge on any atom is -0.309 e. The molecule has 0 saturated heterocycles. The Labute approximate surface area is 379 Å². The van der Waals surface area contributed by atoms with Gasteiger partial charge < -0.3 is 4.57 Å². The number of nitrogens with zero attached hydrogens (tertiary/aromatic N) is 5. The number of hydrogen-bond donors (Lipinski definition) is 0. The van der Waals surface area contributed by atoms with Crippen molar-refractivity contribution in [2.45, 2.75) is 13.1 Å². The van der Waals surface area contributed by atoms with Crippen LogP contribution in [-0.2, 0) is 6.18 Å². The van der Waals surface area contributed by atoms with Gasteiger partial charge in [-0.2, -0.15) is 13.2 Å². The molecule has 0 saturated carbocycles. The van der Waals surface area contributed by atoms with Crippen molar-refractivity contribution in [3.63, 3.8) is 0 Å². The third-order valence-corrected chi connectivity index (χ3v) is 12.0. The quantitative estimate of drug-likeness (QED) is 0.153. The maximum Gasteiger partial charge on any atom is 0.416 e.